The lowest BCUT2D eigenvalue weighted by Crippen LogP contribution is -2.48. The van der Waals surface area contributed by atoms with Crippen LogP contribution in [0.1, 0.15) is 17.4 Å². The van der Waals surface area contributed by atoms with Crippen molar-refractivity contribution in [3.05, 3.63) is 42.1 Å². The summed E-state index contributed by atoms with van der Waals surface area (Å²) >= 11 is 0. The van der Waals surface area contributed by atoms with Gasteiger partial charge in [0.1, 0.15) is 11.5 Å². The highest BCUT2D eigenvalue weighted by Crippen LogP contribution is 2.19. The normalized spacial score (nSPS) is 15.0. The largest absolute Gasteiger partial charge is 0.383 e. The monoisotopic (exact) mass is 369 g/mol. The third-order valence-electron chi connectivity index (χ3n) is 4.70. The number of nitrogens with zero attached hydrogens (tertiary/aromatic N) is 4. The van der Waals surface area contributed by atoms with Crippen LogP contribution >= 0.6 is 0 Å². The van der Waals surface area contributed by atoms with E-state index in [0.29, 0.717) is 30.5 Å². The fourth-order valence-electron chi connectivity index (χ4n) is 3.07. The molecule has 1 aliphatic rings. The highest BCUT2D eigenvalue weighted by Gasteiger charge is 2.23. The molecule has 0 saturated carbocycles. The maximum Gasteiger partial charge on any atom is 0.272 e. The fourth-order valence-corrected chi connectivity index (χ4v) is 3.07. The molecule has 7 heteroatoms. The molecule has 0 aliphatic carbocycles. The molecule has 144 valence electrons. The molecule has 27 heavy (non-hydrogen) atoms. The van der Waals surface area contributed by atoms with E-state index in [0.717, 1.165) is 38.3 Å². The van der Waals surface area contributed by atoms with E-state index in [9.17, 15) is 4.79 Å². The maximum atomic E-state index is 13.0. The summed E-state index contributed by atoms with van der Waals surface area (Å²) in [6.07, 6.45) is 0. The van der Waals surface area contributed by atoms with Crippen molar-refractivity contribution in [2.24, 2.45) is 0 Å². The summed E-state index contributed by atoms with van der Waals surface area (Å²) in [6, 6.07) is 11.5. The van der Waals surface area contributed by atoms with Crippen molar-refractivity contribution in [3.8, 4) is 11.4 Å². The molecule has 2 aromatic rings. The molecular formula is C20H27N5O2. The molecule has 1 aromatic heterocycles. The number of benzene rings is 1. The number of carbonyl (C=O) groups is 1. The number of methoxy groups -OCH3 is 1. The van der Waals surface area contributed by atoms with E-state index >= 15 is 0 Å². The molecule has 1 aromatic carbocycles. The molecule has 2 heterocycles. The third-order valence-corrected chi connectivity index (χ3v) is 4.70. The Morgan fingerprint density at radius 2 is 1.89 bits per heavy atom. The molecule has 7 nitrogen and oxygen atoms in total. The van der Waals surface area contributed by atoms with Gasteiger partial charge in [0.25, 0.3) is 5.91 Å². The Hall–Kier alpha value is -2.51. The van der Waals surface area contributed by atoms with Crippen molar-refractivity contribution in [2.45, 2.75) is 6.92 Å². The van der Waals surface area contributed by atoms with E-state index in [4.69, 9.17) is 4.74 Å². The molecule has 3 rings (SSSR count). The van der Waals surface area contributed by atoms with Gasteiger partial charge in [-0.3, -0.25) is 4.79 Å². The number of rotatable bonds is 7. The first-order valence-electron chi connectivity index (χ1n) is 9.40. The molecule has 0 radical (unpaired) electrons. The van der Waals surface area contributed by atoms with Gasteiger partial charge in [-0.15, -0.1) is 0 Å². The molecule has 1 N–H and O–H groups in total. The van der Waals surface area contributed by atoms with Gasteiger partial charge >= 0.3 is 0 Å². The first kappa shape index (κ1) is 19.3. The summed E-state index contributed by atoms with van der Waals surface area (Å²) in [6.45, 7) is 7.59. The topological polar surface area (TPSA) is 70.6 Å². The SMILES string of the molecule is CCN1CCN(C(=O)c2cc(NCCOC)nc(-c3ccccc3)n2)CC1. The Morgan fingerprint density at radius 1 is 1.15 bits per heavy atom. The van der Waals surface area contributed by atoms with Crippen LogP contribution in [0.3, 0.4) is 0 Å². The number of ether oxygens (including phenoxy) is 1. The minimum Gasteiger partial charge on any atom is -0.383 e. The number of aromatic nitrogens is 2. The number of likely N-dealkylation sites (N-methyl/N-ethyl adjacent to an activating group) is 1. The summed E-state index contributed by atoms with van der Waals surface area (Å²) in [5, 5.41) is 3.22. The van der Waals surface area contributed by atoms with Gasteiger partial charge in [0.2, 0.25) is 0 Å². The van der Waals surface area contributed by atoms with Crippen LogP contribution < -0.4 is 5.32 Å². The molecule has 1 aliphatic heterocycles. The fraction of sp³-hybridized carbons (Fsp3) is 0.450. The highest BCUT2D eigenvalue weighted by molar-refractivity contribution is 5.93. The van der Waals surface area contributed by atoms with E-state index in [1.165, 1.54) is 0 Å². The maximum absolute atomic E-state index is 13.0. The van der Waals surface area contributed by atoms with Gasteiger partial charge in [0.05, 0.1) is 6.61 Å². The number of hydrogen-bond donors (Lipinski definition) is 1. The van der Waals surface area contributed by atoms with Gasteiger partial charge in [0, 0.05) is 51.5 Å². The van der Waals surface area contributed by atoms with E-state index < -0.39 is 0 Å². The van der Waals surface area contributed by atoms with Crippen molar-refractivity contribution in [2.75, 3.05) is 58.3 Å². The number of piperazine rings is 1. The Bertz CT molecular complexity index is 745. The zero-order chi connectivity index (χ0) is 19.1. The minimum atomic E-state index is -0.0416. The van der Waals surface area contributed by atoms with Crippen molar-refractivity contribution in [1.29, 1.82) is 0 Å². The van der Waals surface area contributed by atoms with E-state index in [1.54, 1.807) is 13.2 Å². The van der Waals surface area contributed by atoms with Gasteiger partial charge in [-0.2, -0.15) is 0 Å². The highest BCUT2D eigenvalue weighted by atomic mass is 16.5. The molecular weight excluding hydrogens is 342 g/mol. The van der Waals surface area contributed by atoms with Crippen LogP contribution in [0.4, 0.5) is 5.82 Å². The molecule has 0 spiro atoms. The Balaban J connectivity index is 1.84. The minimum absolute atomic E-state index is 0.0416. The van der Waals surface area contributed by atoms with Crippen LogP contribution in [-0.4, -0.2) is 78.7 Å². The van der Waals surface area contributed by atoms with Crippen molar-refractivity contribution in [3.63, 3.8) is 0 Å². The standard InChI is InChI=1S/C20H27N5O2/c1-3-24-10-12-25(13-11-24)20(26)17-15-18(21-9-14-27-2)23-19(22-17)16-7-5-4-6-8-16/h4-8,15H,3,9-14H2,1-2H3,(H,21,22,23). The van der Waals surface area contributed by atoms with Gasteiger partial charge in [-0.1, -0.05) is 37.3 Å². The lowest BCUT2D eigenvalue weighted by molar-refractivity contribution is 0.0637. The first-order valence-corrected chi connectivity index (χ1v) is 9.40. The quantitative estimate of drug-likeness (QED) is 0.753. The van der Waals surface area contributed by atoms with E-state index in [1.807, 2.05) is 35.2 Å². The second-order valence-electron chi connectivity index (χ2n) is 6.47. The van der Waals surface area contributed by atoms with Gasteiger partial charge in [-0.25, -0.2) is 9.97 Å². The molecule has 0 atom stereocenters. The summed E-state index contributed by atoms with van der Waals surface area (Å²) in [7, 11) is 1.65. The van der Waals surface area contributed by atoms with Gasteiger partial charge < -0.3 is 19.9 Å². The lowest BCUT2D eigenvalue weighted by atomic mass is 10.2. The first-order chi connectivity index (χ1) is 13.2. The molecule has 1 saturated heterocycles. The van der Waals surface area contributed by atoms with Crippen molar-refractivity contribution in [1.82, 2.24) is 19.8 Å². The van der Waals surface area contributed by atoms with Crippen molar-refractivity contribution < 1.29 is 9.53 Å². The second-order valence-corrected chi connectivity index (χ2v) is 6.47. The zero-order valence-corrected chi connectivity index (χ0v) is 16.0. The van der Waals surface area contributed by atoms with E-state index in [-0.39, 0.29) is 5.91 Å². The summed E-state index contributed by atoms with van der Waals surface area (Å²) in [5.74, 6) is 1.14. The lowest BCUT2D eigenvalue weighted by Gasteiger charge is -2.33. The number of hydrogen-bond acceptors (Lipinski definition) is 6. The molecule has 0 bridgehead atoms. The Morgan fingerprint density at radius 3 is 2.56 bits per heavy atom. The Labute approximate surface area is 160 Å². The Kier molecular flexibility index (Phi) is 6.73. The van der Waals surface area contributed by atoms with Crippen LogP contribution in [0.5, 0.6) is 0 Å². The summed E-state index contributed by atoms with van der Waals surface area (Å²) in [5.41, 5.74) is 1.31. The summed E-state index contributed by atoms with van der Waals surface area (Å²) < 4.78 is 5.09. The molecule has 1 amide bonds. The van der Waals surface area contributed by atoms with Crippen molar-refractivity contribution >= 4 is 11.7 Å². The van der Waals surface area contributed by atoms with Crippen LogP contribution in [0.15, 0.2) is 36.4 Å². The second kappa shape index (κ2) is 9.43. The number of anilines is 1. The zero-order valence-electron chi connectivity index (χ0n) is 16.0. The van der Waals surface area contributed by atoms with Gasteiger partial charge in [0.15, 0.2) is 5.82 Å². The predicted octanol–water partition coefficient (Wildman–Crippen LogP) is 1.98. The van der Waals surface area contributed by atoms with Crippen LogP contribution in [0, 0.1) is 0 Å². The van der Waals surface area contributed by atoms with E-state index in [2.05, 4.69) is 27.1 Å². The van der Waals surface area contributed by atoms with Crippen LogP contribution in [0.2, 0.25) is 0 Å². The average molecular weight is 369 g/mol. The average Bonchev–Trinajstić information content (AvgIpc) is 2.74. The predicted molar refractivity (Wildman–Crippen MR) is 106 cm³/mol. The number of carbonyl (C=O) groups excluding carboxylic acids is 1. The van der Waals surface area contributed by atoms with Crippen LogP contribution in [0.25, 0.3) is 11.4 Å². The number of amides is 1. The van der Waals surface area contributed by atoms with Gasteiger partial charge in [-0.05, 0) is 6.54 Å². The third kappa shape index (κ3) is 5.02. The molecule has 0 unspecified atom stereocenters. The molecule has 1 fully saturated rings. The number of nitrogens with one attached hydrogen (secondary N) is 1. The van der Waals surface area contributed by atoms with Crippen LogP contribution in [-0.2, 0) is 4.74 Å². The summed E-state index contributed by atoms with van der Waals surface area (Å²) in [4.78, 5) is 26.4. The smallest absolute Gasteiger partial charge is 0.272 e.